The van der Waals surface area contributed by atoms with Crippen molar-refractivity contribution in [1.82, 2.24) is 9.88 Å². The quantitative estimate of drug-likeness (QED) is 0.863. The molecule has 7 heteroatoms. The Bertz CT molecular complexity index is 866. The van der Waals surface area contributed by atoms with Crippen LogP contribution in [-0.2, 0) is 7.05 Å². The zero-order valence-electron chi connectivity index (χ0n) is 12.8. The second kappa shape index (κ2) is 7.92. The van der Waals surface area contributed by atoms with Gasteiger partial charge in [0.05, 0.1) is 6.54 Å². The topological polar surface area (TPSA) is 60.3 Å². The number of halogens is 2. The van der Waals surface area contributed by atoms with E-state index in [4.69, 9.17) is 4.74 Å². The van der Waals surface area contributed by atoms with Crippen molar-refractivity contribution in [2.24, 2.45) is 7.05 Å². The molecule has 24 heavy (non-hydrogen) atoms. The van der Waals surface area contributed by atoms with Gasteiger partial charge in [-0.05, 0) is 24.3 Å². The third-order valence-electron chi connectivity index (χ3n) is 3.02. The first-order valence-electron chi connectivity index (χ1n) is 6.96. The number of amides is 1. The van der Waals surface area contributed by atoms with E-state index in [0.717, 1.165) is 6.07 Å². The standard InChI is InChI=1S/C17H14F2N2O3/c1-21-9-4-5-13(17(21)23)16(22)20-8-2-3-10-24-15-7-6-12(18)11-14(15)19/h4-7,9,11H,8,10H2,1H3,(H,20,22). The van der Waals surface area contributed by atoms with E-state index < -0.39 is 23.1 Å². The van der Waals surface area contributed by atoms with Gasteiger partial charge in [0.2, 0.25) is 0 Å². The summed E-state index contributed by atoms with van der Waals surface area (Å²) in [4.78, 5) is 23.6. The lowest BCUT2D eigenvalue weighted by Crippen LogP contribution is -2.32. The average molecular weight is 332 g/mol. The largest absolute Gasteiger partial charge is 0.478 e. The van der Waals surface area contributed by atoms with Crippen molar-refractivity contribution in [3.63, 3.8) is 0 Å². The number of pyridine rings is 1. The number of hydrogen-bond acceptors (Lipinski definition) is 3. The smallest absolute Gasteiger partial charge is 0.263 e. The van der Waals surface area contributed by atoms with Crippen LogP contribution in [0, 0.1) is 23.5 Å². The molecule has 0 atom stereocenters. The molecule has 0 aliphatic rings. The number of hydrogen-bond donors (Lipinski definition) is 1. The van der Waals surface area contributed by atoms with Crippen LogP contribution in [-0.4, -0.2) is 23.6 Å². The van der Waals surface area contributed by atoms with E-state index in [-0.39, 0.29) is 24.5 Å². The Hall–Kier alpha value is -3.14. The van der Waals surface area contributed by atoms with Crippen LogP contribution in [0.2, 0.25) is 0 Å². The number of rotatable bonds is 4. The second-order valence-electron chi connectivity index (χ2n) is 4.74. The molecule has 1 aromatic heterocycles. The summed E-state index contributed by atoms with van der Waals surface area (Å²) in [5.74, 6) is 3.04. The minimum absolute atomic E-state index is 0.00609. The summed E-state index contributed by atoms with van der Waals surface area (Å²) < 4.78 is 32.3. The van der Waals surface area contributed by atoms with Gasteiger partial charge in [-0.1, -0.05) is 11.8 Å². The highest BCUT2D eigenvalue weighted by Gasteiger charge is 2.09. The van der Waals surface area contributed by atoms with Gasteiger partial charge in [-0.25, -0.2) is 8.78 Å². The number of nitrogens with one attached hydrogen (secondary N) is 1. The van der Waals surface area contributed by atoms with Gasteiger partial charge in [0.25, 0.3) is 11.5 Å². The molecule has 0 saturated heterocycles. The van der Waals surface area contributed by atoms with Gasteiger partial charge in [0.15, 0.2) is 11.6 Å². The van der Waals surface area contributed by atoms with Crippen LogP contribution in [0.3, 0.4) is 0 Å². The molecule has 0 fully saturated rings. The molecule has 5 nitrogen and oxygen atoms in total. The lowest BCUT2D eigenvalue weighted by molar-refractivity contribution is 0.0956. The van der Waals surface area contributed by atoms with Crippen LogP contribution >= 0.6 is 0 Å². The highest BCUT2D eigenvalue weighted by molar-refractivity contribution is 5.93. The first kappa shape index (κ1) is 17.2. The highest BCUT2D eigenvalue weighted by atomic mass is 19.1. The first-order chi connectivity index (χ1) is 11.5. The Kier molecular flexibility index (Phi) is 5.68. The number of ether oxygens (including phenoxy) is 1. The van der Waals surface area contributed by atoms with Crippen LogP contribution in [0.25, 0.3) is 0 Å². The molecule has 2 aromatic rings. The molecule has 1 amide bonds. The summed E-state index contributed by atoms with van der Waals surface area (Å²) in [7, 11) is 1.55. The fourth-order valence-electron chi connectivity index (χ4n) is 1.81. The van der Waals surface area contributed by atoms with Crippen LogP contribution < -0.4 is 15.6 Å². The molecule has 0 bridgehead atoms. The molecular weight excluding hydrogens is 318 g/mol. The maximum absolute atomic E-state index is 13.3. The number of aromatic nitrogens is 1. The number of carbonyl (C=O) groups excluding carboxylic acids is 1. The average Bonchev–Trinajstić information content (AvgIpc) is 2.54. The maximum Gasteiger partial charge on any atom is 0.263 e. The van der Waals surface area contributed by atoms with Gasteiger partial charge >= 0.3 is 0 Å². The Morgan fingerprint density at radius 2 is 2.08 bits per heavy atom. The van der Waals surface area contributed by atoms with Crippen molar-refractivity contribution >= 4 is 5.91 Å². The van der Waals surface area contributed by atoms with Gasteiger partial charge in [0.1, 0.15) is 18.0 Å². The summed E-state index contributed by atoms with van der Waals surface area (Å²) in [6, 6.07) is 5.97. The van der Waals surface area contributed by atoms with Crippen molar-refractivity contribution in [3.8, 4) is 17.6 Å². The summed E-state index contributed by atoms with van der Waals surface area (Å²) in [5.41, 5.74) is -0.385. The molecule has 0 aliphatic heterocycles. The Morgan fingerprint density at radius 1 is 1.29 bits per heavy atom. The minimum atomic E-state index is -0.815. The summed E-state index contributed by atoms with van der Waals surface area (Å²) >= 11 is 0. The zero-order valence-corrected chi connectivity index (χ0v) is 12.8. The Balaban J connectivity index is 1.82. The lowest BCUT2D eigenvalue weighted by atomic mass is 10.2. The predicted molar refractivity (Wildman–Crippen MR) is 83.6 cm³/mol. The maximum atomic E-state index is 13.3. The monoisotopic (exact) mass is 332 g/mol. The molecule has 0 aliphatic carbocycles. The molecule has 0 radical (unpaired) electrons. The third-order valence-corrected chi connectivity index (χ3v) is 3.02. The van der Waals surface area contributed by atoms with E-state index in [0.29, 0.717) is 6.07 Å². The summed E-state index contributed by atoms with van der Waals surface area (Å²) in [6.45, 7) is -0.113. The van der Waals surface area contributed by atoms with Crippen molar-refractivity contribution in [2.45, 2.75) is 0 Å². The van der Waals surface area contributed by atoms with E-state index in [9.17, 15) is 18.4 Å². The third kappa shape index (κ3) is 4.43. The number of carbonyl (C=O) groups is 1. The minimum Gasteiger partial charge on any atom is -0.478 e. The summed E-state index contributed by atoms with van der Waals surface area (Å²) in [5, 5.41) is 2.48. The van der Waals surface area contributed by atoms with Crippen LogP contribution in [0.4, 0.5) is 8.78 Å². The Morgan fingerprint density at radius 3 is 2.83 bits per heavy atom. The van der Waals surface area contributed by atoms with E-state index in [1.165, 1.54) is 16.7 Å². The molecule has 124 valence electrons. The van der Waals surface area contributed by atoms with Crippen molar-refractivity contribution in [3.05, 3.63) is 64.1 Å². The van der Waals surface area contributed by atoms with E-state index in [2.05, 4.69) is 17.2 Å². The van der Waals surface area contributed by atoms with Crippen LogP contribution in [0.1, 0.15) is 10.4 Å². The number of nitrogens with zero attached hydrogens (tertiary/aromatic N) is 1. The molecule has 1 aromatic carbocycles. The normalized spacial score (nSPS) is 9.79. The fourth-order valence-corrected chi connectivity index (χ4v) is 1.81. The molecule has 2 rings (SSSR count). The number of aryl methyl sites for hydroxylation is 1. The van der Waals surface area contributed by atoms with Crippen LogP contribution in [0.15, 0.2) is 41.3 Å². The Labute approximate surface area is 136 Å². The van der Waals surface area contributed by atoms with E-state index in [1.54, 1.807) is 19.3 Å². The van der Waals surface area contributed by atoms with Gasteiger partial charge in [-0.3, -0.25) is 9.59 Å². The second-order valence-corrected chi connectivity index (χ2v) is 4.74. The molecule has 0 saturated carbocycles. The van der Waals surface area contributed by atoms with E-state index >= 15 is 0 Å². The van der Waals surface area contributed by atoms with Gasteiger partial charge in [0, 0.05) is 19.3 Å². The van der Waals surface area contributed by atoms with Crippen molar-refractivity contribution in [1.29, 1.82) is 0 Å². The van der Waals surface area contributed by atoms with Gasteiger partial charge < -0.3 is 14.6 Å². The molecule has 0 unspecified atom stereocenters. The van der Waals surface area contributed by atoms with Crippen molar-refractivity contribution in [2.75, 3.05) is 13.2 Å². The van der Waals surface area contributed by atoms with Crippen LogP contribution in [0.5, 0.6) is 5.75 Å². The van der Waals surface area contributed by atoms with E-state index in [1.807, 2.05) is 0 Å². The summed E-state index contributed by atoms with van der Waals surface area (Å²) in [6.07, 6.45) is 1.55. The predicted octanol–water partition coefficient (Wildman–Crippen LogP) is 1.48. The van der Waals surface area contributed by atoms with Gasteiger partial charge in [-0.2, -0.15) is 0 Å². The fraction of sp³-hybridized carbons (Fsp3) is 0.176. The van der Waals surface area contributed by atoms with Crippen molar-refractivity contribution < 1.29 is 18.3 Å². The molecule has 1 N–H and O–H groups in total. The molecular formula is C17H14F2N2O3. The SMILES string of the molecule is Cn1cccc(C(=O)NCC#CCOc2ccc(F)cc2F)c1=O. The van der Waals surface area contributed by atoms with Gasteiger partial charge in [-0.15, -0.1) is 0 Å². The number of benzene rings is 1. The zero-order chi connectivity index (χ0) is 17.5. The molecule has 0 spiro atoms. The molecule has 1 heterocycles. The first-order valence-corrected chi connectivity index (χ1v) is 6.96. The lowest BCUT2D eigenvalue weighted by Gasteiger charge is -2.03. The highest BCUT2D eigenvalue weighted by Crippen LogP contribution is 2.17.